The number of amides is 1. The van der Waals surface area contributed by atoms with Gasteiger partial charge >= 0.3 is 5.69 Å². The molecule has 0 aliphatic heterocycles. The lowest BCUT2D eigenvalue weighted by Crippen LogP contribution is -2.44. The van der Waals surface area contributed by atoms with Gasteiger partial charge in [0.15, 0.2) is 0 Å². The number of carbonyl (C=O) groups excluding carboxylic acids is 1. The molecular weight excluding hydrogens is 272 g/mol. The summed E-state index contributed by atoms with van der Waals surface area (Å²) >= 11 is 0. The van der Waals surface area contributed by atoms with Gasteiger partial charge in [0.05, 0.1) is 4.92 Å². The molecule has 2 rings (SSSR count). The lowest BCUT2D eigenvalue weighted by molar-refractivity contribution is -0.385. The van der Waals surface area contributed by atoms with E-state index in [0.717, 1.165) is 12.8 Å². The van der Waals surface area contributed by atoms with E-state index in [1.54, 1.807) is 14.0 Å². The van der Waals surface area contributed by atoms with Crippen molar-refractivity contribution in [3.63, 3.8) is 0 Å². The molecule has 0 spiro atoms. The fourth-order valence-corrected chi connectivity index (χ4v) is 3.14. The Morgan fingerprint density at radius 2 is 2.10 bits per heavy atom. The quantitative estimate of drug-likeness (QED) is 0.683. The SMILES string of the molecule is Cc1nn(C)c(C(=O)N[C@@H]2CCC[C@H](C)[C@H]2C)c1[N+](=O)[O-]. The first kappa shape index (κ1) is 15.5. The second-order valence-corrected chi connectivity index (χ2v) is 6.01. The van der Waals surface area contributed by atoms with Crippen molar-refractivity contribution in [3.8, 4) is 0 Å². The first-order chi connectivity index (χ1) is 9.82. The van der Waals surface area contributed by atoms with Crippen LogP contribution in [0.1, 0.15) is 49.3 Å². The summed E-state index contributed by atoms with van der Waals surface area (Å²) < 4.78 is 1.29. The second-order valence-electron chi connectivity index (χ2n) is 6.01. The van der Waals surface area contributed by atoms with Crippen molar-refractivity contribution in [3.05, 3.63) is 21.5 Å². The van der Waals surface area contributed by atoms with Crippen LogP contribution in [-0.2, 0) is 7.05 Å². The summed E-state index contributed by atoms with van der Waals surface area (Å²) in [7, 11) is 1.56. The molecule has 1 aliphatic rings. The van der Waals surface area contributed by atoms with Gasteiger partial charge in [-0.15, -0.1) is 0 Å². The standard InChI is InChI=1S/C14H22N4O3/c1-8-6-5-7-11(9(8)2)15-14(19)13-12(18(20)21)10(3)16-17(13)4/h8-9,11H,5-7H2,1-4H3,(H,15,19)/t8-,9+,11+/m0/s1. The molecule has 0 radical (unpaired) electrons. The molecule has 0 bridgehead atoms. The van der Waals surface area contributed by atoms with Gasteiger partial charge in [0, 0.05) is 13.1 Å². The first-order valence-corrected chi connectivity index (χ1v) is 7.31. The van der Waals surface area contributed by atoms with Crippen LogP contribution in [0.4, 0.5) is 5.69 Å². The summed E-state index contributed by atoms with van der Waals surface area (Å²) in [5.74, 6) is 0.513. The van der Waals surface area contributed by atoms with Gasteiger partial charge in [-0.3, -0.25) is 19.6 Å². The van der Waals surface area contributed by atoms with Crippen molar-refractivity contribution in [1.82, 2.24) is 15.1 Å². The number of nitro groups is 1. The lowest BCUT2D eigenvalue weighted by atomic mass is 9.78. The molecule has 1 aromatic rings. The zero-order chi connectivity index (χ0) is 15.7. The Hall–Kier alpha value is -1.92. The molecule has 116 valence electrons. The third kappa shape index (κ3) is 2.91. The molecule has 7 nitrogen and oxygen atoms in total. The number of aryl methyl sites for hydroxylation is 2. The molecule has 0 aromatic carbocycles. The average Bonchev–Trinajstić information content (AvgIpc) is 2.70. The topological polar surface area (TPSA) is 90.1 Å². The molecule has 3 atom stereocenters. The predicted octanol–water partition coefficient (Wildman–Crippen LogP) is 2.19. The van der Waals surface area contributed by atoms with Gasteiger partial charge in [-0.1, -0.05) is 26.7 Å². The van der Waals surface area contributed by atoms with Gasteiger partial charge in [0.1, 0.15) is 5.69 Å². The van der Waals surface area contributed by atoms with E-state index in [1.807, 2.05) is 0 Å². The van der Waals surface area contributed by atoms with Gasteiger partial charge in [0.25, 0.3) is 5.91 Å². The van der Waals surface area contributed by atoms with E-state index in [-0.39, 0.29) is 23.1 Å². The van der Waals surface area contributed by atoms with E-state index < -0.39 is 10.8 Å². The Balaban J connectivity index is 2.23. The summed E-state index contributed by atoms with van der Waals surface area (Å²) in [4.78, 5) is 23.1. The second kappa shape index (κ2) is 5.83. The maximum Gasteiger partial charge on any atom is 0.322 e. The molecule has 1 N–H and O–H groups in total. The number of nitrogens with zero attached hydrogens (tertiary/aromatic N) is 3. The van der Waals surface area contributed by atoms with Crippen LogP contribution in [0.5, 0.6) is 0 Å². The fraction of sp³-hybridized carbons (Fsp3) is 0.714. The van der Waals surface area contributed by atoms with E-state index >= 15 is 0 Å². The Kier molecular flexibility index (Phi) is 4.29. The van der Waals surface area contributed by atoms with E-state index in [4.69, 9.17) is 0 Å². The van der Waals surface area contributed by atoms with Crippen molar-refractivity contribution in [2.24, 2.45) is 18.9 Å². The zero-order valence-electron chi connectivity index (χ0n) is 12.9. The minimum atomic E-state index is -0.538. The van der Waals surface area contributed by atoms with Crippen LogP contribution in [0, 0.1) is 28.9 Å². The van der Waals surface area contributed by atoms with E-state index in [9.17, 15) is 14.9 Å². The zero-order valence-corrected chi connectivity index (χ0v) is 12.9. The highest BCUT2D eigenvalue weighted by atomic mass is 16.6. The van der Waals surface area contributed by atoms with Crippen molar-refractivity contribution < 1.29 is 9.72 Å². The Bertz CT molecular complexity index is 567. The Labute approximate surface area is 123 Å². The molecule has 1 aliphatic carbocycles. The number of carbonyl (C=O) groups is 1. The molecule has 0 unspecified atom stereocenters. The van der Waals surface area contributed by atoms with E-state index in [0.29, 0.717) is 11.8 Å². The largest absolute Gasteiger partial charge is 0.347 e. The van der Waals surface area contributed by atoms with Crippen LogP contribution in [0.25, 0.3) is 0 Å². The third-order valence-electron chi connectivity index (χ3n) is 4.61. The van der Waals surface area contributed by atoms with Crippen molar-refractivity contribution in [2.75, 3.05) is 0 Å². The monoisotopic (exact) mass is 294 g/mol. The lowest BCUT2D eigenvalue weighted by Gasteiger charge is -2.34. The van der Waals surface area contributed by atoms with Crippen molar-refractivity contribution in [2.45, 2.75) is 46.1 Å². The van der Waals surface area contributed by atoms with E-state index in [2.05, 4.69) is 24.3 Å². The van der Waals surface area contributed by atoms with Gasteiger partial charge in [-0.05, 0) is 25.2 Å². The summed E-state index contributed by atoms with van der Waals surface area (Å²) in [6, 6.07) is 0.0658. The maximum atomic E-state index is 12.4. The van der Waals surface area contributed by atoms with Gasteiger partial charge in [-0.25, -0.2) is 0 Å². The molecule has 1 fully saturated rings. The molecule has 21 heavy (non-hydrogen) atoms. The highest BCUT2D eigenvalue weighted by Crippen LogP contribution is 2.30. The molecular formula is C14H22N4O3. The number of aromatic nitrogens is 2. The number of nitrogens with one attached hydrogen (secondary N) is 1. The summed E-state index contributed by atoms with van der Waals surface area (Å²) in [6.07, 6.45) is 3.16. The average molecular weight is 294 g/mol. The molecule has 1 aromatic heterocycles. The number of hydrogen-bond acceptors (Lipinski definition) is 4. The first-order valence-electron chi connectivity index (χ1n) is 7.31. The normalized spacial score (nSPS) is 25.6. The summed E-state index contributed by atoms with van der Waals surface area (Å²) in [5, 5.41) is 18.1. The minimum absolute atomic E-state index is 0.0305. The van der Waals surface area contributed by atoms with Crippen LogP contribution in [0.3, 0.4) is 0 Å². The van der Waals surface area contributed by atoms with Crippen molar-refractivity contribution >= 4 is 11.6 Å². The summed E-state index contributed by atoms with van der Waals surface area (Å²) in [6.45, 7) is 5.84. The molecule has 1 amide bonds. The molecule has 7 heteroatoms. The molecule has 1 saturated carbocycles. The molecule has 0 saturated heterocycles. The predicted molar refractivity (Wildman–Crippen MR) is 78.0 cm³/mol. The smallest absolute Gasteiger partial charge is 0.322 e. The van der Waals surface area contributed by atoms with Gasteiger partial charge < -0.3 is 5.32 Å². The Morgan fingerprint density at radius 3 is 2.71 bits per heavy atom. The summed E-state index contributed by atoms with van der Waals surface area (Å²) in [5.41, 5.74) is 0.0900. The van der Waals surface area contributed by atoms with Crippen LogP contribution < -0.4 is 5.32 Å². The van der Waals surface area contributed by atoms with E-state index in [1.165, 1.54) is 11.1 Å². The fourth-order valence-electron chi connectivity index (χ4n) is 3.14. The van der Waals surface area contributed by atoms with Crippen LogP contribution >= 0.6 is 0 Å². The number of rotatable bonds is 3. The Morgan fingerprint density at radius 1 is 1.43 bits per heavy atom. The van der Waals surface area contributed by atoms with Gasteiger partial charge in [0.2, 0.25) is 5.69 Å². The highest BCUT2D eigenvalue weighted by molar-refractivity contribution is 5.97. The maximum absolute atomic E-state index is 12.4. The van der Waals surface area contributed by atoms with Crippen LogP contribution in [0.2, 0.25) is 0 Å². The number of hydrogen-bond donors (Lipinski definition) is 1. The van der Waals surface area contributed by atoms with Crippen molar-refractivity contribution in [1.29, 1.82) is 0 Å². The third-order valence-corrected chi connectivity index (χ3v) is 4.61. The molecule has 1 heterocycles. The highest BCUT2D eigenvalue weighted by Gasteiger charge is 2.33. The minimum Gasteiger partial charge on any atom is -0.347 e. The van der Waals surface area contributed by atoms with Gasteiger partial charge in [-0.2, -0.15) is 5.10 Å². The van der Waals surface area contributed by atoms with Crippen LogP contribution in [0.15, 0.2) is 0 Å². The van der Waals surface area contributed by atoms with Crippen LogP contribution in [-0.4, -0.2) is 26.7 Å².